The molecule has 0 amide bonds. The maximum absolute atomic E-state index is 9.07. The molecule has 2 N–H and O–H groups in total. The van der Waals surface area contributed by atoms with Crippen LogP contribution in [0, 0.1) is 17.2 Å². The summed E-state index contributed by atoms with van der Waals surface area (Å²) in [5, 5.41) is 15.7. The van der Waals surface area contributed by atoms with Gasteiger partial charge in [0.25, 0.3) is 0 Å². The number of nitrogens with zero attached hydrogens (tertiary/aromatic N) is 3. The van der Waals surface area contributed by atoms with E-state index in [4.69, 9.17) is 5.26 Å². The van der Waals surface area contributed by atoms with Gasteiger partial charge in [-0.3, -0.25) is 0 Å². The summed E-state index contributed by atoms with van der Waals surface area (Å²) >= 11 is 0. The number of aromatic nitrogens is 2. The van der Waals surface area contributed by atoms with Crippen LogP contribution in [-0.2, 0) is 0 Å². The van der Waals surface area contributed by atoms with E-state index >= 15 is 0 Å². The lowest BCUT2D eigenvalue weighted by molar-refractivity contribution is 0.687. The molecule has 5 heteroatoms. The van der Waals surface area contributed by atoms with E-state index in [0.29, 0.717) is 23.1 Å². The van der Waals surface area contributed by atoms with Crippen LogP contribution in [0.2, 0.25) is 0 Å². The summed E-state index contributed by atoms with van der Waals surface area (Å²) in [6.07, 6.45) is 0. The van der Waals surface area contributed by atoms with Crippen LogP contribution in [0.4, 0.5) is 17.3 Å². The Morgan fingerprint density at radius 3 is 2.46 bits per heavy atom. The maximum Gasteiger partial charge on any atom is 0.163 e. The first kappa shape index (κ1) is 17.4. The summed E-state index contributed by atoms with van der Waals surface area (Å²) in [6.45, 7) is 5.13. The van der Waals surface area contributed by atoms with Crippen molar-refractivity contribution in [3.63, 3.8) is 0 Å². The van der Waals surface area contributed by atoms with Gasteiger partial charge in [-0.1, -0.05) is 50.2 Å². The highest BCUT2D eigenvalue weighted by Crippen LogP contribution is 2.23. The van der Waals surface area contributed by atoms with Crippen LogP contribution in [0.15, 0.2) is 60.7 Å². The van der Waals surface area contributed by atoms with Crippen molar-refractivity contribution in [1.82, 2.24) is 9.97 Å². The highest BCUT2D eigenvalue weighted by molar-refractivity contribution is 5.65. The van der Waals surface area contributed by atoms with Crippen LogP contribution >= 0.6 is 0 Å². The van der Waals surface area contributed by atoms with E-state index in [1.807, 2.05) is 48.5 Å². The molecule has 0 atom stereocenters. The van der Waals surface area contributed by atoms with Crippen LogP contribution in [0.1, 0.15) is 19.4 Å². The number of hydrogen-bond acceptors (Lipinski definition) is 5. The minimum absolute atomic E-state index is 0.508. The second-order valence-electron chi connectivity index (χ2n) is 6.42. The standard InChI is InChI=1S/C21H21N5/c1-15(2)14-23-19-12-20(24-18-10-6-7-16(11-18)13-22)26-21(25-19)17-8-4-3-5-9-17/h3-12,15H,14H2,1-2H3,(H2,23,24,25,26). The SMILES string of the molecule is CC(C)CNc1cc(Nc2cccc(C#N)c2)nc(-c2ccccc2)n1. The predicted molar refractivity (Wildman–Crippen MR) is 105 cm³/mol. The molecule has 0 aliphatic carbocycles. The van der Waals surface area contributed by atoms with Crippen LogP contribution in [0.5, 0.6) is 0 Å². The second kappa shape index (κ2) is 8.13. The first-order chi connectivity index (χ1) is 12.6. The molecule has 26 heavy (non-hydrogen) atoms. The Hall–Kier alpha value is -3.39. The summed E-state index contributed by atoms with van der Waals surface area (Å²) < 4.78 is 0. The average Bonchev–Trinajstić information content (AvgIpc) is 2.67. The topological polar surface area (TPSA) is 73.6 Å². The van der Waals surface area contributed by atoms with Gasteiger partial charge < -0.3 is 10.6 Å². The van der Waals surface area contributed by atoms with Crippen LogP contribution in [-0.4, -0.2) is 16.5 Å². The van der Waals surface area contributed by atoms with Crippen molar-refractivity contribution in [1.29, 1.82) is 5.26 Å². The number of anilines is 3. The van der Waals surface area contributed by atoms with Gasteiger partial charge in [-0.25, -0.2) is 9.97 Å². The molecule has 3 aromatic rings. The highest BCUT2D eigenvalue weighted by Gasteiger charge is 2.08. The Bertz CT molecular complexity index is 913. The highest BCUT2D eigenvalue weighted by atomic mass is 15.1. The third-order valence-corrected chi connectivity index (χ3v) is 3.71. The molecule has 130 valence electrons. The van der Waals surface area contributed by atoms with E-state index in [2.05, 4.69) is 40.5 Å². The Kier molecular flexibility index (Phi) is 5.45. The van der Waals surface area contributed by atoms with Crippen molar-refractivity contribution in [3.8, 4) is 17.5 Å². The molecule has 0 spiro atoms. The maximum atomic E-state index is 9.07. The largest absolute Gasteiger partial charge is 0.370 e. The Morgan fingerprint density at radius 1 is 0.962 bits per heavy atom. The number of hydrogen-bond donors (Lipinski definition) is 2. The molecule has 1 heterocycles. The molecule has 0 saturated carbocycles. The number of rotatable bonds is 6. The van der Waals surface area contributed by atoms with Crippen molar-refractivity contribution < 1.29 is 0 Å². The molecular weight excluding hydrogens is 322 g/mol. The van der Waals surface area contributed by atoms with E-state index in [-0.39, 0.29) is 0 Å². The van der Waals surface area contributed by atoms with Gasteiger partial charge >= 0.3 is 0 Å². The first-order valence-corrected chi connectivity index (χ1v) is 8.59. The normalized spacial score (nSPS) is 10.4. The van der Waals surface area contributed by atoms with Crippen molar-refractivity contribution in [2.75, 3.05) is 17.2 Å². The predicted octanol–water partition coefficient (Wildman–Crippen LogP) is 4.83. The summed E-state index contributed by atoms with van der Waals surface area (Å²) in [5.74, 6) is 2.61. The summed E-state index contributed by atoms with van der Waals surface area (Å²) in [6, 6.07) is 21.2. The molecule has 0 saturated heterocycles. The third-order valence-electron chi connectivity index (χ3n) is 3.71. The molecule has 0 fully saturated rings. The molecular formula is C21H21N5. The molecule has 1 aromatic heterocycles. The lowest BCUT2D eigenvalue weighted by Gasteiger charge is -2.13. The van der Waals surface area contributed by atoms with E-state index < -0.39 is 0 Å². The molecule has 0 aliphatic rings. The fraction of sp³-hybridized carbons (Fsp3) is 0.190. The van der Waals surface area contributed by atoms with Gasteiger partial charge in [-0.2, -0.15) is 5.26 Å². The Balaban J connectivity index is 1.94. The van der Waals surface area contributed by atoms with Gasteiger partial charge in [0.15, 0.2) is 5.82 Å². The van der Waals surface area contributed by atoms with Gasteiger partial charge in [0.1, 0.15) is 11.6 Å². The van der Waals surface area contributed by atoms with Crippen molar-refractivity contribution in [2.45, 2.75) is 13.8 Å². The van der Waals surface area contributed by atoms with E-state index in [9.17, 15) is 0 Å². The van der Waals surface area contributed by atoms with Gasteiger partial charge in [-0.15, -0.1) is 0 Å². The fourth-order valence-corrected chi connectivity index (χ4v) is 2.44. The average molecular weight is 343 g/mol. The van der Waals surface area contributed by atoms with Crippen LogP contribution in [0.25, 0.3) is 11.4 Å². The third kappa shape index (κ3) is 4.58. The quantitative estimate of drug-likeness (QED) is 0.671. The lowest BCUT2D eigenvalue weighted by atomic mass is 10.2. The Morgan fingerprint density at radius 2 is 1.73 bits per heavy atom. The molecule has 0 aliphatic heterocycles. The lowest BCUT2D eigenvalue weighted by Crippen LogP contribution is -2.10. The molecule has 5 nitrogen and oxygen atoms in total. The smallest absolute Gasteiger partial charge is 0.163 e. The molecule has 0 radical (unpaired) electrons. The second-order valence-corrected chi connectivity index (χ2v) is 6.42. The summed E-state index contributed by atoms with van der Waals surface area (Å²) in [4.78, 5) is 9.27. The van der Waals surface area contributed by atoms with Crippen LogP contribution < -0.4 is 10.6 Å². The van der Waals surface area contributed by atoms with Crippen molar-refractivity contribution >= 4 is 17.3 Å². The zero-order valence-corrected chi connectivity index (χ0v) is 14.9. The monoisotopic (exact) mass is 343 g/mol. The minimum atomic E-state index is 0.508. The van der Waals surface area contributed by atoms with Crippen molar-refractivity contribution in [3.05, 3.63) is 66.2 Å². The summed E-state index contributed by atoms with van der Waals surface area (Å²) in [5.41, 5.74) is 2.37. The van der Waals surface area contributed by atoms with Gasteiger partial charge in [-0.05, 0) is 24.1 Å². The van der Waals surface area contributed by atoms with E-state index in [0.717, 1.165) is 23.6 Å². The van der Waals surface area contributed by atoms with Gasteiger partial charge in [0.2, 0.25) is 0 Å². The zero-order chi connectivity index (χ0) is 18.4. The Labute approximate surface area is 153 Å². The molecule has 0 bridgehead atoms. The molecule has 0 unspecified atom stereocenters. The van der Waals surface area contributed by atoms with Gasteiger partial charge in [0.05, 0.1) is 11.6 Å². The van der Waals surface area contributed by atoms with E-state index in [1.165, 1.54) is 0 Å². The van der Waals surface area contributed by atoms with Crippen LogP contribution in [0.3, 0.4) is 0 Å². The minimum Gasteiger partial charge on any atom is -0.370 e. The number of nitrogens with one attached hydrogen (secondary N) is 2. The number of benzene rings is 2. The first-order valence-electron chi connectivity index (χ1n) is 8.59. The van der Waals surface area contributed by atoms with E-state index in [1.54, 1.807) is 12.1 Å². The summed E-state index contributed by atoms with van der Waals surface area (Å²) in [7, 11) is 0. The number of nitriles is 1. The van der Waals surface area contributed by atoms with Crippen molar-refractivity contribution in [2.24, 2.45) is 5.92 Å². The van der Waals surface area contributed by atoms with Gasteiger partial charge in [0, 0.05) is 23.9 Å². The fourth-order valence-electron chi connectivity index (χ4n) is 2.44. The molecule has 3 rings (SSSR count). The molecule has 2 aromatic carbocycles. The zero-order valence-electron chi connectivity index (χ0n) is 14.9.